The summed E-state index contributed by atoms with van der Waals surface area (Å²) in [5, 5.41) is 15.4. The minimum Gasteiger partial charge on any atom is -0.478 e. The molecule has 0 bridgehead atoms. The smallest absolute Gasteiger partial charge is 0.328 e. The quantitative estimate of drug-likeness (QED) is 0.700. The number of hydrogen-bond donors (Lipinski definition) is 3. The summed E-state index contributed by atoms with van der Waals surface area (Å²) in [5.74, 6) is 0.317. The van der Waals surface area contributed by atoms with Crippen molar-refractivity contribution in [3.63, 3.8) is 0 Å². The highest BCUT2D eigenvalue weighted by Gasteiger charge is 2.17. The normalized spacial score (nSPS) is 15.9. The average molecular weight is 304 g/mol. The number of carboxylic acid groups (broad SMARTS) is 1. The fourth-order valence-corrected chi connectivity index (χ4v) is 2.72. The number of aromatic nitrogens is 2. The molecule has 0 radical (unpaired) electrons. The Morgan fingerprint density at radius 2 is 2.05 bits per heavy atom. The lowest BCUT2D eigenvalue weighted by Crippen LogP contribution is -2.24. The zero-order chi connectivity index (χ0) is 15.9. The minimum absolute atomic E-state index is 0.398. The highest BCUT2D eigenvalue weighted by molar-refractivity contribution is 5.87. The summed E-state index contributed by atoms with van der Waals surface area (Å²) in [4.78, 5) is 19.7. The Hall–Kier alpha value is -2.11. The van der Waals surface area contributed by atoms with Crippen molar-refractivity contribution in [3.05, 3.63) is 17.3 Å². The summed E-state index contributed by atoms with van der Waals surface area (Å²) in [6, 6.07) is 0.398. The molecule has 3 N–H and O–H groups in total. The van der Waals surface area contributed by atoms with Crippen LogP contribution in [0.15, 0.2) is 6.08 Å². The van der Waals surface area contributed by atoms with Gasteiger partial charge in [-0.1, -0.05) is 19.3 Å². The third-order valence-electron chi connectivity index (χ3n) is 3.81. The summed E-state index contributed by atoms with van der Waals surface area (Å²) in [6.45, 7) is 4.61. The van der Waals surface area contributed by atoms with Crippen molar-refractivity contribution in [2.45, 2.75) is 52.0 Å². The van der Waals surface area contributed by atoms with Crippen LogP contribution in [-0.2, 0) is 4.79 Å². The van der Waals surface area contributed by atoms with E-state index in [0.29, 0.717) is 17.8 Å². The van der Waals surface area contributed by atoms with E-state index in [-0.39, 0.29) is 0 Å². The van der Waals surface area contributed by atoms with E-state index < -0.39 is 5.97 Å². The number of aryl methyl sites for hydroxylation is 1. The molecule has 2 rings (SSSR count). The lowest BCUT2D eigenvalue weighted by atomic mass is 9.95. The number of rotatable bonds is 6. The van der Waals surface area contributed by atoms with Gasteiger partial charge in [-0.3, -0.25) is 0 Å². The number of carboxylic acids is 1. The third-order valence-corrected chi connectivity index (χ3v) is 3.81. The molecule has 1 aromatic heterocycles. The molecule has 0 unspecified atom stereocenters. The molecule has 1 aliphatic carbocycles. The standard InChI is InChI=1S/C16H24N4O2/c1-3-17-16-18-11(2)13(9-10-14(21)22)15(20-16)19-12-7-5-4-6-8-12/h9-10,12H,3-8H2,1-2H3,(H,21,22)(H2,17,18,19,20). The van der Waals surface area contributed by atoms with Crippen molar-refractivity contribution in [2.75, 3.05) is 17.2 Å². The highest BCUT2D eigenvalue weighted by Crippen LogP contribution is 2.25. The molecule has 6 nitrogen and oxygen atoms in total. The van der Waals surface area contributed by atoms with Gasteiger partial charge in [-0.25, -0.2) is 9.78 Å². The molecule has 0 amide bonds. The Morgan fingerprint density at radius 1 is 1.32 bits per heavy atom. The van der Waals surface area contributed by atoms with E-state index >= 15 is 0 Å². The number of anilines is 2. The van der Waals surface area contributed by atoms with Gasteiger partial charge in [-0.2, -0.15) is 4.98 Å². The Morgan fingerprint density at radius 3 is 2.68 bits per heavy atom. The SMILES string of the molecule is CCNc1nc(C)c(C=CC(=O)O)c(NC2CCCCC2)n1. The van der Waals surface area contributed by atoms with Crippen LogP contribution >= 0.6 is 0 Å². The second-order valence-corrected chi connectivity index (χ2v) is 5.58. The van der Waals surface area contributed by atoms with Gasteiger partial charge in [0, 0.05) is 24.2 Å². The molecule has 22 heavy (non-hydrogen) atoms. The van der Waals surface area contributed by atoms with Crippen molar-refractivity contribution < 1.29 is 9.90 Å². The first-order chi connectivity index (χ1) is 10.6. The van der Waals surface area contributed by atoms with Crippen LogP contribution in [0.4, 0.5) is 11.8 Å². The largest absolute Gasteiger partial charge is 0.478 e. The molecule has 0 atom stereocenters. The fourth-order valence-electron chi connectivity index (χ4n) is 2.72. The Kier molecular flexibility index (Phi) is 5.75. The van der Waals surface area contributed by atoms with E-state index in [2.05, 4.69) is 20.6 Å². The van der Waals surface area contributed by atoms with Crippen LogP contribution in [0, 0.1) is 6.92 Å². The summed E-state index contributed by atoms with van der Waals surface area (Å²) in [7, 11) is 0. The maximum absolute atomic E-state index is 10.8. The van der Waals surface area contributed by atoms with E-state index in [1.807, 2.05) is 13.8 Å². The minimum atomic E-state index is -0.973. The first-order valence-corrected chi connectivity index (χ1v) is 7.90. The topological polar surface area (TPSA) is 87.1 Å². The van der Waals surface area contributed by atoms with Crippen LogP contribution in [0.5, 0.6) is 0 Å². The molecular formula is C16H24N4O2. The monoisotopic (exact) mass is 304 g/mol. The molecular weight excluding hydrogens is 280 g/mol. The van der Waals surface area contributed by atoms with Crippen molar-refractivity contribution in [3.8, 4) is 0 Å². The lowest BCUT2D eigenvalue weighted by Gasteiger charge is -2.24. The maximum atomic E-state index is 10.8. The summed E-state index contributed by atoms with van der Waals surface area (Å²) in [5.41, 5.74) is 1.51. The van der Waals surface area contributed by atoms with Gasteiger partial charge >= 0.3 is 5.97 Å². The third kappa shape index (κ3) is 4.44. The van der Waals surface area contributed by atoms with E-state index in [1.54, 1.807) is 6.08 Å². The van der Waals surface area contributed by atoms with Gasteiger partial charge in [0.2, 0.25) is 5.95 Å². The number of aliphatic carboxylic acids is 1. The van der Waals surface area contributed by atoms with Crippen molar-refractivity contribution in [1.82, 2.24) is 9.97 Å². The molecule has 1 heterocycles. The molecule has 6 heteroatoms. The van der Waals surface area contributed by atoms with Crippen LogP contribution in [-0.4, -0.2) is 33.6 Å². The van der Waals surface area contributed by atoms with Crippen LogP contribution in [0.25, 0.3) is 6.08 Å². The predicted octanol–water partition coefficient (Wildman–Crippen LogP) is 3.06. The second kappa shape index (κ2) is 7.77. The molecule has 1 aliphatic rings. The highest BCUT2D eigenvalue weighted by atomic mass is 16.4. The van der Waals surface area contributed by atoms with Gasteiger partial charge in [-0.05, 0) is 32.8 Å². The van der Waals surface area contributed by atoms with E-state index in [1.165, 1.54) is 19.3 Å². The molecule has 1 aromatic rings. The molecule has 0 spiro atoms. The van der Waals surface area contributed by atoms with E-state index in [9.17, 15) is 4.79 Å². The average Bonchev–Trinajstić information content (AvgIpc) is 2.47. The van der Waals surface area contributed by atoms with Gasteiger partial charge in [0.1, 0.15) is 5.82 Å². The molecule has 1 saturated carbocycles. The van der Waals surface area contributed by atoms with Gasteiger partial charge in [0.05, 0.1) is 5.69 Å². The number of hydrogen-bond acceptors (Lipinski definition) is 5. The van der Waals surface area contributed by atoms with Crippen molar-refractivity contribution in [2.24, 2.45) is 0 Å². The second-order valence-electron chi connectivity index (χ2n) is 5.58. The maximum Gasteiger partial charge on any atom is 0.328 e. The zero-order valence-electron chi connectivity index (χ0n) is 13.2. The van der Waals surface area contributed by atoms with E-state index in [4.69, 9.17) is 5.11 Å². The predicted molar refractivity (Wildman–Crippen MR) is 88.1 cm³/mol. The first-order valence-electron chi connectivity index (χ1n) is 7.90. The number of carbonyl (C=O) groups is 1. The number of nitrogens with one attached hydrogen (secondary N) is 2. The van der Waals surface area contributed by atoms with E-state index in [0.717, 1.165) is 36.7 Å². The Balaban J connectivity index is 2.30. The van der Waals surface area contributed by atoms with Crippen molar-refractivity contribution in [1.29, 1.82) is 0 Å². The van der Waals surface area contributed by atoms with Crippen molar-refractivity contribution >= 4 is 23.8 Å². The van der Waals surface area contributed by atoms with Gasteiger partial charge in [0.25, 0.3) is 0 Å². The van der Waals surface area contributed by atoms with Crippen LogP contribution in [0.3, 0.4) is 0 Å². The fraction of sp³-hybridized carbons (Fsp3) is 0.562. The van der Waals surface area contributed by atoms with Gasteiger partial charge in [0.15, 0.2) is 0 Å². The zero-order valence-corrected chi connectivity index (χ0v) is 13.2. The number of nitrogens with zero attached hydrogens (tertiary/aromatic N) is 2. The van der Waals surface area contributed by atoms with Gasteiger partial charge < -0.3 is 15.7 Å². The van der Waals surface area contributed by atoms with Crippen LogP contribution in [0.2, 0.25) is 0 Å². The van der Waals surface area contributed by atoms with Crippen LogP contribution in [0.1, 0.15) is 50.3 Å². The summed E-state index contributed by atoms with van der Waals surface area (Å²) >= 11 is 0. The Bertz CT molecular complexity index is 551. The summed E-state index contributed by atoms with van der Waals surface area (Å²) < 4.78 is 0. The molecule has 1 fully saturated rings. The van der Waals surface area contributed by atoms with Gasteiger partial charge in [-0.15, -0.1) is 0 Å². The lowest BCUT2D eigenvalue weighted by molar-refractivity contribution is -0.131. The molecule has 0 aliphatic heterocycles. The molecule has 0 saturated heterocycles. The van der Waals surface area contributed by atoms with Crippen LogP contribution < -0.4 is 10.6 Å². The first kappa shape index (κ1) is 16.3. The molecule has 0 aromatic carbocycles. The molecule has 120 valence electrons. The Labute approximate surface area is 131 Å². The summed E-state index contributed by atoms with van der Waals surface area (Å²) in [6.07, 6.45) is 8.69.